The summed E-state index contributed by atoms with van der Waals surface area (Å²) >= 11 is 6.20. The van der Waals surface area contributed by atoms with E-state index in [-0.39, 0.29) is 11.3 Å². The van der Waals surface area contributed by atoms with Crippen molar-refractivity contribution >= 4 is 23.2 Å². The van der Waals surface area contributed by atoms with Crippen LogP contribution < -0.4 is 5.32 Å². The Labute approximate surface area is 131 Å². The van der Waals surface area contributed by atoms with Crippen LogP contribution in [-0.4, -0.2) is 5.91 Å². The van der Waals surface area contributed by atoms with Crippen molar-refractivity contribution in [2.24, 2.45) is 0 Å². The van der Waals surface area contributed by atoms with Gasteiger partial charge in [0, 0.05) is 5.69 Å². The molecule has 0 heterocycles. The maximum Gasteiger partial charge on any atom is 0.246 e. The Morgan fingerprint density at radius 1 is 1.00 bits per heavy atom. The molecule has 2 aromatic rings. The Balaban J connectivity index is 2.06. The third-order valence-electron chi connectivity index (χ3n) is 3.34. The second-order valence-electron chi connectivity index (χ2n) is 6.09. The van der Waals surface area contributed by atoms with E-state index in [1.54, 1.807) is 0 Å². The number of nitrogens with one attached hydrogen (secondary N) is 1. The average Bonchev–Trinajstić information content (AvgIpc) is 2.47. The topological polar surface area (TPSA) is 29.1 Å². The van der Waals surface area contributed by atoms with Gasteiger partial charge < -0.3 is 5.32 Å². The van der Waals surface area contributed by atoms with Crippen LogP contribution in [-0.2, 0) is 10.2 Å². The van der Waals surface area contributed by atoms with Gasteiger partial charge in [0.25, 0.3) is 0 Å². The van der Waals surface area contributed by atoms with Crippen molar-refractivity contribution in [2.75, 3.05) is 5.32 Å². The van der Waals surface area contributed by atoms with Crippen molar-refractivity contribution in [1.82, 2.24) is 0 Å². The van der Waals surface area contributed by atoms with Crippen LogP contribution in [0.15, 0.2) is 54.6 Å². The van der Waals surface area contributed by atoms with Gasteiger partial charge in [0.1, 0.15) is 5.38 Å². The number of amides is 1. The summed E-state index contributed by atoms with van der Waals surface area (Å²) in [6.07, 6.45) is 0. The van der Waals surface area contributed by atoms with Crippen LogP contribution in [0.4, 0.5) is 5.69 Å². The maximum atomic E-state index is 12.2. The average molecular weight is 302 g/mol. The molecule has 0 aliphatic rings. The van der Waals surface area contributed by atoms with Gasteiger partial charge in [0.2, 0.25) is 5.91 Å². The Hall–Kier alpha value is -1.80. The molecule has 110 valence electrons. The number of halogens is 1. The number of carbonyl (C=O) groups is 1. The summed E-state index contributed by atoms with van der Waals surface area (Å²) < 4.78 is 0. The molecule has 0 bridgehead atoms. The van der Waals surface area contributed by atoms with E-state index in [1.165, 1.54) is 5.56 Å². The number of alkyl halides is 1. The van der Waals surface area contributed by atoms with Crippen LogP contribution in [0.3, 0.4) is 0 Å². The minimum Gasteiger partial charge on any atom is -0.325 e. The van der Waals surface area contributed by atoms with Crippen LogP contribution in [0, 0.1) is 0 Å². The molecule has 0 aromatic heterocycles. The molecule has 0 saturated carbocycles. The summed E-state index contributed by atoms with van der Waals surface area (Å²) in [5, 5.41) is 2.16. The summed E-state index contributed by atoms with van der Waals surface area (Å²) in [5.74, 6) is -0.216. The molecule has 1 amide bonds. The molecule has 1 N–H and O–H groups in total. The molecule has 0 spiro atoms. The Kier molecular flexibility index (Phi) is 4.69. The molecule has 0 aliphatic carbocycles. The van der Waals surface area contributed by atoms with Gasteiger partial charge in [0.15, 0.2) is 0 Å². The lowest BCUT2D eigenvalue weighted by Crippen LogP contribution is -2.17. The quantitative estimate of drug-likeness (QED) is 0.802. The molecule has 2 rings (SSSR count). The monoisotopic (exact) mass is 301 g/mol. The summed E-state index contributed by atoms with van der Waals surface area (Å²) in [5.41, 5.74) is 2.88. The summed E-state index contributed by atoms with van der Waals surface area (Å²) in [4.78, 5) is 12.2. The lowest BCUT2D eigenvalue weighted by Gasteiger charge is -2.19. The Morgan fingerprint density at radius 3 is 2.10 bits per heavy atom. The van der Waals surface area contributed by atoms with Crippen LogP contribution in [0.2, 0.25) is 0 Å². The van der Waals surface area contributed by atoms with E-state index in [0.717, 1.165) is 11.3 Å². The van der Waals surface area contributed by atoms with Crippen LogP contribution >= 0.6 is 11.6 Å². The predicted molar refractivity (Wildman–Crippen MR) is 88.8 cm³/mol. The van der Waals surface area contributed by atoms with Gasteiger partial charge in [-0.05, 0) is 28.7 Å². The lowest BCUT2D eigenvalue weighted by atomic mass is 9.87. The fourth-order valence-electron chi connectivity index (χ4n) is 2.03. The standard InChI is InChI=1S/C18H20ClNO/c1-18(2,3)14-9-11-15(12-10-14)20-17(21)16(19)13-7-5-4-6-8-13/h4-12,16H,1-3H3,(H,20,21). The first-order valence-corrected chi connectivity index (χ1v) is 7.42. The lowest BCUT2D eigenvalue weighted by molar-refractivity contribution is -0.116. The van der Waals surface area contributed by atoms with Gasteiger partial charge in [0.05, 0.1) is 0 Å². The fourth-order valence-corrected chi connectivity index (χ4v) is 2.23. The number of hydrogen-bond donors (Lipinski definition) is 1. The molecule has 0 fully saturated rings. The molecule has 1 atom stereocenters. The van der Waals surface area contributed by atoms with E-state index < -0.39 is 5.38 Å². The van der Waals surface area contributed by atoms with E-state index in [2.05, 4.69) is 26.1 Å². The summed E-state index contributed by atoms with van der Waals surface area (Å²) in [6.45, 7) is 6.47. The normalized spacial score (nSPS) is 12.8. The third-order valence-corrected chi connectivity index (χ3v) is 3.79. The molecule has 0 radical (unpaired) electrons. The molecule has 1 unspecified atom stereocenters. The largest absolute Gasteiger partial charge is 0.325 e. The molecule has 0 saturated heterocycles. The Morgan fingerprint density at radius 2 is 1.57 bits per heavy atom. The van der Waals surface area contributed by atoms with Crippen molar-refractivity contribution in [3.63, 3.8) is 0 Å². The van der Waals surface area contributed by atoms with Crippen LogP contribution in [0.5, 0.6) is 0 Å². The zero-order chi connectivity index (χ0) is 15.5. The van der Waals surface area contributed by atoms with Gasteiger partial charge in [-0.3, -0.25) is 4.79 Å². The highest BCUT2D eigenvalue weighted by Gasteiger charge is 2.18. The molecule has 21 heavy (non-hydrogen) atoms. The zero-order valence-corrected chi connectivity index (χ0v) is 13.3. The first kappa shape index (κ1) is 15.6. The SMILES string of the molecule is CC(C)(C)c1ccc(NC(=O)C(Cl)c2ccccc2)cc1. The number of carbonyl (C=O) groups excluding carboxylic acids is 1. The maximum absolute atomic E-state index is 12.2. The third kappa shape index (κ3) is 4.08. The van der Waals surface area contributed by atoms with Crippen molar-refractivity contribution in [3.05, 3.63) is 65.7 Å². The zero-order valence-electron chi connectivity index (χ0n) is 12.6. The van der Waals surface area contributed by atoms with Gasteiger partial charge in [-0.25, -0.2) is 0 Å². The van der Waals surface area contributed by atoms with Crippen molar-refractivity contribution < 1.29 is 4.79 Å². The number of benzene rings is 2. The number of anilines is 1. The van der Waals surface area contributed by atoms with E-state index in [1.807, 2.05) is 54.6 Å². The van der Waals surface area contributed by atoms with Gasteiger partial charge >= 0.3 is 0 Å². The summed E-state index contributed by atoms with van der Waals surface area (Å²) in [7, 11) is 0. The highest BCUT2D eigenvalue weighted by Crippen LogP contribution is 2.25. The van der Waals surface area contributed by atoms with Gasteiger partial charge in [-0.1, -0.05) is 63.2 Å². The van der Waals surface area contributed by atoms with E-state index in [0.29, 0.717) is 0 Å². The second-order valence-corrected chi connectivity index (χ2v) is 6.53. The molecular weight excluding hydrogens is 282 g/mol. The highest BCUT2D eigenvalue weighted by molar-refractivity contribution is 6.32. The van der Waals surface area contributed by atoms with Crippen molar-refractivity contribution in [2.45, 2.75) is 31.6 Å². The van der Waals surface area contributed by atoms with Crippen molar-refractivity contribution in [3.8, 4) is 0 Å². The predicted octanol–water partition coefficient (Wildman–Crippen LogP) is 4.90. The second kappa shape index (κ2) is 6.31. The first-order chi connectivity index (χ1) is 9.88. The fraction of sp³-hybridized carbons (Fsp3) is 0.278. The number of hydrogen-bond acceptors (Lipinski definition) is 1. The van der Waals surface area contributed by atoms with E-state index in [9.17, 15) is 4.79 Å². The highest BCUT2D eigenvalue weighted by atomic mass is 35.5. The smallest absolute Gasteiger partial charge is 0.246 e. The first-order valence-electron chi connectivity index (χ1n) is 6.98. The number of rotatable bonds is 3. The van der Waals surface area contributed by atoms with Gasteiger partial charge in [-0.15, -0.1) is 11.6 Å². The molecular formula is C18H20ClNO. The van der Waals surface area contributed by atoms with Crippen LogP contribution in [0.25, 0.3) is 0 Å². The van der Waals surface area contributed by atoms with Gasteiger partial charge in [-0.2, -0.15) is 0 Å². The summed E-state index contributed by atoms with van der Waals surface area (Å²) in [6, 6.07) is 17.2. The van der Waals surface area contributed by atoms with Crippen molar-refractivity contribution in [1.29, 1.82) is 0 Å². The van der Waals surface area contributed by atoms with Crippen LogP contribution in [0.1, 0.15) is 37.3 Å². The van der Waals surface area contributed by atoms with E-state index in [4.69, 9.17) is 11.6 Å². The Bertz CT molecular complexity index is 599. The molecule has 2 aromatic carbocycles. The molecule has 0 aliphatic heterocycles. The minimum absolute atomic E-state index is 0.0988. The van der Waals surface area contributed by atoms with E-state index >= 15 is 0 Å². The molecule has 2 nitrogen and oxygen atoms in total. The minimum atomic E-state index is -0.687. The molecule has 3 heteroatoms.